The Morgan fingerprint density at radius 2 is 1.87 bits per heavy atom. The molecular weight excluding hydrogens is 284 g/mol. The molecular formula is C19H32N4. The summed E-state index contributed by atoms with van der Waals surface area (Å²) in [5.74, 6) is 1.94. The second kappa shape index (κ2) is 8.80. The quantitative estimate of drug-likeness (QED) is 0.669. The summed E-state index contributed by atoms with van der Waals surface area (Å²) in [7, 11) is 4.14. The Bertz CT molecular complexity index is 485. The van der Waals surface area contributed by atoms with Gasteiger partial charge in [-0.15, -0.1) is 0 Å². The molecule has 0 aliphatic carbocycles. The van der Waals surface area contributed by atoms with E-state index in [0.29, 0.717) is 0 Å². The molecule has 0 aromatic heterocycles. The van der Waals surface area contributed by atoms with Crippen molar-refractivity contribution in [3.8, 4) is 0 Å². The van der Waals surface area contributed by atoms with Crippen molar-refractivity contribution in [1.82, 2.24) is 10.2 Å². The van der Waals surface area contributed by atoms with Gasteiger partial charge in [0.1, 0.15) is 0 Å². The number of aliphatic imine (C=N–C) groups is 1. The number of hydrogen-bond donors (Lipinski definition) is 1. The van der Waals surface area contributed by atoms with E-state index in [1.165, 1.54) is 24.1 Å². The molecule has 1 aromatic rings. The van der Waals surface area contributed by atoms with E-state index < -0.39 is 0 Å². The van der Waals surface area contributed by atoms with E-state index in [-0.39, 0.29) is 0 Å². The minimum atomic E-state index is 0.843. The summed E-state index contributed by atoms with van der Waals surface area (Å²) >= 11 is 0. The third-order valence-corrected chi connectivity index (χ3v) is 4.53. The molecule has 1 N–H and O–H groups in total. The number of piperidine rings is 1. The maximum atomic E-state index is 4.84. The number of nitrogens with zero attached hydrogens (tertiary/aromatic N) is 3. The third-order valence-electron chi connectivity index (χ3n) is 4.53. The lowest BCUT2D eigenvalue weighted by Crippen LogP contribution is -2.45. The van der Waals surface area contributed by atoms with Crippen LogP contribution in [-0.4, -0.2) is 51.1 Å². The van der Waals surface area contributed by atoms with Gasteiger partial charge in [-0.05, 0) is 49.8 Å². The number of hydrogen-bond acceptors (Lipinski definition) is 2. The van der Waals surface area contributed by atoms with Gasteiger partial charge in [-0.2, -0.15) is 0 Å². The van der Waals surface area contributed by atoms with Crippen LogP contribution in [0.15, 0.2) is 29.3 Å². The molecule has 0 radical (unpaired) electrons. The Kier molecular flexibility index (Phi) is 6.75. The van der Waals surface area contributed by atoms with Crippen LogP contribution in [0.4, 0.5) is 5.69 Å². The summed E-state index contributed by atoms with van der Waals surface area (Å²) in [4.78, 5) is 9.38. The van der Waals surface area contributed by atoms with Gasteiger partial charge in [-0.1, -0.05) is 19.1 Å². The van der Waals surface area contributed by atoms with Crippen molar-refractivity contribution in [3.05, 3.63) is 29.8 Å². The highest BCUT2D eigenvalue weighted by molar-refractivity contribution is 5.80. The second-order valence-corrected chi connectivity index (χ2v) is 6.72. The SMILES string of the molecule is CCNC(=NCCc1ccc(N(C)C)cc1)N1CCC(C)CC1. The van der Waals surface area contributed by atoms with E-state index >= 15 is 0 Å². The molecule has 4 nitrogen and oxygen atoms in total. The standard InChI is InChI=1S/C19H32N4/c1-5-20-19(23-14-11-16(2)12-15-23)21-13-10-17-6-8-18(9-7-17)22(3)4/h6-9,16H,5,10-15H2,1-4H3,(H,20,21). The van der Waals surface area contributed by atoms with Crippen molar-refractivity contribution >= 4 is 11.6 Å². The molecule has 1 aliphatic rings. The van der Waals surface area contributed by atoms with Gasteiger partial charge in [0, 0.05) is 46.0 Å². The highest BCUT2D eigenvalue weighted by Gasteiger charge is 2.18. The average molecular weight is 316 g/mol. The van der Waals surface area contributed by atoms with Crippen LogP contribution in [0.25, 0.3) is 0 Å². The summed E-state index contributed by atoms with van der Waals surface area (Å²) in [6.45, 7) is 8.52. The first-order valence-corrected chi connectivity index (χ1v) is 8.89. The first-order valence-electron chi connectivity index (χ1n) is 8.89. The van der Waals surface area contributed by atoms with Gasteiger partial charge in [-0.3, -0.25) is 4.99 Å². The molecule has 0 saturated carbocycles. The van der Waals surface area contributed by atoms with Crippen LogP contribution in [0.3, 0.4) is 0 Å². The Labute approximate surface area is 141 Å². The fourth-order valence-corrected chi connectivity index (χ4v) is 2.90. The molecule has 0 atom stereocenters. The predicted octanol–water partition coefficient (Wildman–Crippen LogP) is 2.99. The van der Waals surface area contributed by atoms with Crippen LogP contribution < -0.4 is 10.2 Å². The largest absolute Gasteiger partial charge is 0.378 e. The highest BCUT2D eigenvalue weighted by atomic mass is 15.3. The summed E-state index contributed by atoms with van der Waals surface area (Å²) in [6.07, 6.45) is 3.54. The molecule has 0 amide bonds. The van der Waals surface area contributed by atoms with Crippen molar-refractivity contribution in [2.24, 2.45) is 10.9 Å². The number of benzene rings is 1. The molecule has 128 valence electrons. The van der Waals surface area contributed by atoms with E-state index in [2.05, 4.69) is 67.3 Å². The highest BCUT2D eigenvalue weighted by Crippen LogP contribution is 2.16. The number of guanidine groups is 1. The molecule has 1 aliphatic heterocycles. The second-order valence-electron chi connectivity index (χ2n) is 6.72. The van der Waals surface area contributed by atoms with Gasteiger partial charge in [0.05, 0.1) is 0 Å². The molecule has 1 fully saturated rings. The first kappa shape index (κ1) is 17.6. The van der Waals surface area contributed by atoms with Gasteiger partial charge in [-0.25, -0.2) is 0 Å². The Hall–Kier alpha value is -1.71. The van der Waals surface area contributed by atoms with Crippen molar-refractivity contribution in [3.63, 3.8) is 0 Å². The molecule has 23 heavy (non-hydrogen) atoms. The zero-order valence-electron chi connectivity index (χ0n) is 15.2. The monoisotopic (exact) mass is 316 g/mol. The number of nitrogens with one attached hydrogen (secondary N) is 1. The van der Waals surface area contributed by atoms with Crippen molar-refractivity contribution in [1.29, 1.82) is 0 Å². The summed E-state index contributed by atoms with van der Waals surface area (Å²) in [6, 6.07) is 8.77. The van der Waals surface area contributed by atoms with Crippen molar-refractivity contribution in [2.75, 3.05) is 45.2 Å². The lowest BCUT2D eigenvalue weighted by Gasteiger charge is -2.33. The lowest BCUT2D eigenvalue weighted by atomic mass is 10.00. The minimum absolute atomic E-state index is 0.843. The van der Waals surface area contributed by atoms with Crippen molar-refractivity contribution < 1.29 is 0 Å². The summed E-state index contributed by atoms with van der Waals surface area (Å²) in [5, 5.41) is 3.45. The summed E-state index contributed by atoms with van der Waals surface area (Å²) in [5.41, 5.74) is 2.59. The van der Waals surface area contributed by atoms with Gasteiger partial charge < -0.3 is 15.1 Å². The smallest absolute Gasteiger partial charge is 0.193 e. The summed E-state index contributed by atoms with van der Waals surface area (Å²) < 4.78 is 0. The Balaban J connectivity index is 1.90. The van der Waals surface area contributed by atoms with E-state index in [1.54, 1.807) is 0 Å². The third kappa shape index (κ3) is 5.45. The van der Waals surface area contributed by atoms with Gasteiger partial charge in [0.2, 0.25) is 0 Å². The van der Waals surface area contributed by atoms with Gasteiger partial charge in [0.25, 0.3) is 0 Å². The van der Waals surface area contributed by atoms with E-state index in [1.807, 2.05) is 0 Å². The molecule has 1 heterocycles. The van der Waals surface area contributed by atoms with Crippen LogP contribution >= 0.6 is 0 Å². The predicted molar refractivity (Wildman–Crippen MR) is 100 cm³/mol. The number of likely N-dealkylation sites (tertiary alicyclic amines) is 1. The van der Waals surface area contributed by atoms with Gasteiger partial charge >= 0.3 is 0 Å². The maximum Gasteiger partial charge on any atom is 0.193 e. The minimum Gasteiger partial charge on any atom is -0.378 e. The van der Waals surface area contributed by atoms with Crippen LogP contribution in [0.2, 0.25) is 0 Å². The normalized spacial score (nSPS) is 16.5. The lowest BCUT2D eigenvalue weighted by molar-refractivity contribution is 0.273. The van der Waals surface area contributed by atoms with Crippen LogP contribution in [0.1, 0.15) is 32.3 Å². The van der Waals surface area contributed by atoms with Crippen LogP contribution in [0.5, 0.6) is 0 Å². The number of anilines is 1. The molecule has 1 aromatic carbocycles. The average Bonchev–Trinajstić information content (AvgIpc) is 2.55. The molecule has 0 unspecified atom stereocenters. The molecule has 0 spiro atoms. The molecule has 4 heteroatoms. The van der Waals surface area contributed by atoms with E-state index in [0.717, 1.165) is 44.5 Å². The fourth-order valence-electron chi connectivity index (χ4n) is 2.90. The van der Waals surface area contributed by atoms with Crippen LogP contribution in [-0.2, 0) is 6.42 Å². The van der Waals surface area contributed by atoms with Crippen LogP contribution in [0, 0.1) is 5.92 Å². The van der Waals surface area contributed by atoms with Gasteiger partial charge in [0.15, 0.2) is 5.96 Å². The van der Waals surface area contributed by atoms with E-state index in [9.17, 15) is 0 Å². The molecule has 2 rings (SSSR count). The zero-order valence-corrected chi connectivity index (χ0v) is 15.2. The Morgan fingerprint density at radius 1 is 1.22 bits per heavy atom. The fraction of sp³-hybridized carbons (Fsp3) is 0.632. The topological polar surface area (TPSA) is 30.9 Å². The molecule has 0 bridgehead atoms. The van der Waals surface area contributed by atoms with E-state index in [4.69, 9.17) is 4.99 Å². The zero-order chi connectivity index (χ0) is 16.7. The maximum absolute atomic E-state index is 4.84. The Morgan fingerprint density at radius 3 is 2.43 bits per heavy atom. The molecule has 1 saturated heterocycles. The number of rotatable bonds is 5. The van der Waals surface area contributed by atoms with Crippen molar-refractivity contribution in [2.45, 2.75) is 33.1 Å². The first-order chi connectivity index (χ1) is 11.1.